The van der Waals surface area contributed by atoms with E-state index in [0.29, 0.717) is 5.54 Å². The molecule has 0 aliphatic heterocycles. The highest BCUT2D eigenvalue weighted by Crippen LogP contribution is 2.23. The highest BCUT2D eigenvalue weighted by Gasteiger charge is 2.28. The smallest absolute Gasteiger partial charge is 0.189 e. The molecule has 0 N–H and O–H groups in total. The summed E-state index contributed by atoms with van der Waals surface area (Å²) in [5.74, 6) is 0.776. The lowest BCUT2D eigenvalue weighted by molar-refractivity contribution is -0.109. The van der Waals surface area contributed by atoms with Crippen LogP contribution in [0.4, 0.5) is 0 Å². The Morgan fingerprint density at radius 3 is 2.21 bits per heavy atom. The van der Waals surface area contributed by atoms with E-state index in [2.05, 4.69) is 26.9 Å². The van der Waals surface area contributed by atoms with Gasteiger partial charge in [-0.05, 0) is 25.6 Å². The van der Waals surface area contributed by atoms with E-state index in [4.69, 9.17) is 4.43 Å². The summed E-state index contributed by atoms with van der Waals surface area (Å²) < 4.78 is 6.02. The molecule has 0 aliphatic carbocycles. The molecule has 0 radical (unpaired) electrons. The van der Waals surface area contributed by atoms with Crippen LogP contribution in [0.1, 0.15) is 27.7 Å². The van der Waals surface area contributed by atoms with Crippen molar-refractivity contribution in [3.05, 3.63) is 0 Å². The quantitative estimate of drug-likeness (QED) is 0.683. The molecule has 1 atom stereocenters. The first kappa shape index (κ1) is 14.2. The molecule has 4 heteroatoms. The van der Waals surface area contributed by atoms with Gasteiger partial charge in [0, 0.05) is 12.7 Å². The second-order valence-electron chi connectivity index (χ2n) is 4.49. The van der Waals surface area contributed by atoms with Crippen LogP contribution in [-0.4, -0.2) is 25.3 Å². The van der Waals surface area contributed by atoms with Crippen molar-refractivity contribution in [2.45, 2.75) is 52.4 Å². The molecule has 0 rings (SSSR count). The topological polar surface area (TPSA) is 26.3 Å². The van der Waals surface area contributed by atoms with E-state index in [1.807, 2.05) is 6.92 Å². The van der Waals surface area contributed by atoms with Crippen molar-refractivity contribution in [3.8, 4) is 0 Å². The predicted octanol–water partition coefficient (Wildman–Crippen LogP) is 3.29. The van der Waals surface area contributed by atoms with Crippen molar-refractivity contribution < 1.29 is 9.22 Å². The summed E-state index contributed by atoms with van der Waals surface area (Å²) in [5.41, 5.74) is 0.618. The van der Waals surface area contributed by atoms with Crippen molar-refractivity contribution in [2.75, 3.05) is 5.75 Å². The first-order valence-electron chi connectivity index (χ1n) is 5.07. The van der Waals surface area contributed by atoms with Gasteiger partial charge in [0.05, 0.1) is 6.10 Å². The van der Waals surface area contributed by atoms with Gasteiger partial charge < -0.3 is 4.43 Å². The molecule has 0 unspecified atom stereocenters. The summed E-state index contributed by atoms with van der Waals surface area (Å²) >= 11 is 1.35. The first-order chi connectivity index (χ1) is 6.25. The minimum atomic E-state index is -1.54. The number of hydrogen-bond acceptors (Lipinski definition) is 3. The highest BCUT2D eigenvalue weighted by atomic mass is 32.2. The lowest BCUT2D eigenvalue weighted by Crippen LogP contribution is -2.38. The van der Waals surface area contributed by atoms with Gasteiger partial charge in [-0.25, -0.2) is 0 Å². The molecule has 0 fully saturated rings. The number of thioether (sulfide) groups is 1. The standard InChI is InChI=1S/C10H22O2SSi/c1-8(2)14(5,6)12-9(3)7-13-10(4)11/h8-9H,7H2,1-6H3/t9-/m0/s1. The van der Waals surface area contributed by atoms with Crippen LogP contribution in [-0.2, 0) is 9.22 Å². The van der Waals surface area contributed by atoms with Gasteiger partial charge in [0.25, 0.3) is 0 Å². The summed E-state index contributed by atoms with van der Waals surface area (Å²) in [7, 11) is -1.54. The van der Waals surface area contributed by atoms with Gasteiger partial charge in [0.2, 0.25) is 0 Å². The summed E-state index contributed by atoms with van der Waals surface area (Å²) in [6, 6.07) is 0. The fourth-order valence-corrected chi connectivity index (χ4v) is 2.97. The summed E-state index contributed by atoms with van der Waals surface area (Å²) in [6.07, 6.45) is 0.188. The summed E-state index contributed by atoms with van der Waals surface area (Å²) in [6.45, 7) is 12.5. The van der Waals surface area contributed by atoms with Gasteiger partial charge in [-0.3, -0.25) is 4.79 Å². The van der Waals surface area contributed by atoms with E-state index in [9.17, 15) is 4.79 Å². The van der Waals surface area contributed by atoms with Crippen molar-refractivity contribution in [3.63, 3.8) is 0 Å². The third-order valence-electron chi connectivity index (χ3n) is 2.42. The molecule has 0 aromatic rings. The Morgan fingerprint density at radius 2 is 1.86 bits per heavy atom. The zero-order valence-corrected chi connectivity index (χ0v) is 11.9. The van der Waals surface area contributed by atoms with Crippen LogP contribution in [0.5, 0.6) is 0 Å². The van der Waals surface area contributed by atoms with E-state index in [-0.39, 0.29) is 11.2 Å². The number of carbonyl (C=O) groups excluding carboxylic acids is 1. The van der Waals surface area contributed by atoms with Crippen LogP contribution in [0.3, 0.4) is 0 Å². The van der Waals surface area contributed by atoms with Gasteiger partial charge in [-0.2, -0.15) is 0 Å². The minimum absolute atomic E-state index is 0.171. The average molecular weight is 234 g/mol. The number of rotatable bonds is 5. The van der Waals surface area contributed by atoms with Gasteiger partial charge >= 0.3 is 0 Å². The van der Waals surface area contributed by atoms with Crippen molar-refractivity contribution >= 4 is 25.2 Å². The Kier molecular flexibility index (Phi) is 6.01. The maximum atomic E-state index is 10.8. The van der Waals surface area contributed by atoms with Crippen molar-refractivity contribution in [1.29, 1.82) is 0 Å². The Hall–Kier alpha value is 0.197. The Bertz CT molecular complexity index is 193. The van der Waals surface area contributed by atoms with Crippen molar-refractivity contribution in [1.82, 2.24) is 0 Å². The third-order valence-corrected chi connectivity index (χ3v) is 7.25. The predicted molar refractivity (Wildman–Crippen MR) is 66.3 cm³/mol. The maximum Gasteiger partial charge on any atom is 0.189 e. The van der Waals surface area contributed by atoms with Gasteiger partial charge in [0.1, 0.15) is 0 Å². The molecular formula is C10H22O2SSi. The molecule has 0 spiro atoms. The van der Waals surface area contributed by atoms with Gasteiger partial charge in [-0.15, -0.1) is 0 Å². The van der Waals surface area contributed by atoms with Gasteiger partial charge in [0.15, 0.2) is 13.4 Å². The van der Waals surface area contributed by atoms with E-state index in [1.54, 1.807) is 6.92 Å². The number of hydrogen-bond donors (Lipinski definition) is 0. The summed E-state index contributed by atoms with van der Waals surface area (Å²) in [5, 5.41) is 0.171. The van der Waals surface area contributed by atoms with E-state index < -0.39 is 8.32 Å². The van der Waals surface area contributed by atoms with Gasteiger partial charge in [-0.1, -0.05) is 25.6 Å². The van der Waals surface area contributed by atoms with Crippen molar-refractivity contribution in [2.24, 2.45) is 0 Å². The first-order valence-corrected chi connectivity index (χ1v) is 9.04. The fraction of sp³-hybridized carbons (Fsp3) is 0.900. The molecule has 0 heterocycles. The number of carbonyl (C=O) groups is 1. The molecule has 0 saturated heterocycles. The molecule has 0 aromatic carbocycles. The van der Waals surface area contributed by atoms with Crippen LogP contribution < -0.4 is 0 Å². The average Bonchev–Trinajstić information content (AvgIpc) is 1.99. The molecule has 14 heavy (non-hydrogen) atoms. The molecule has 2 nitrogen and oxygen atoms in total. The highest BCUT2D eigenvalue weighted by molar-refractivity contribution is 8.13. The zero-order chi connectivity index (χ0) is 11.4. The third kappa shape index (κ3) is 5.83. The minimum Gasteiger partial charge on any atom is -0.414 e. The zero-order valence-electron chi connectivity index (χ0n) is 10.1. The molecule has 0 bridgehead atoms. The molecule has 0 aromatic heterocycles. The van der Waals surface area contributed by atoms with E-state index >= 15 is 0 Å². The fourth-order valence-electron chi connectivity index (χ4n) is 0.923. The summed E-state index contributed by atoms with van der Waals surface area (Å²) in [4.78, 5) is 10.8. The lowest BCUT2D eigenvalue weighted by atomic mass is 10.5. The molecule has 84 valence electrons. The van der Waals surface area contributed by atoms with Crippen LogP contribution in [0.15, 0.2) is 0 Å². The molecular weight excluding hydrogens is 212 g/mol. The van der Waals surface area contributed by atoms with Crippen LogP contribution in [0.2, 0.25) is 18.6 Å². The maximum absolute atomic E-state index is 10.8. The monoisotopic (exact) mass is 234 g/mol. The second-order valence-corrected chi connectivity index (χ2v) is 10.3. The molecule has 0 saturated carbocycles. The second kappa shape index (κ2) is 5.93. The Balaban J connectivity index is 3.92. The molecule has 0 amide bonds. The largest absolute Gasteiger partial charge is 0.414 e. The lowest BCUT2D eigenvalue weighted by Gasteiger charge is -2.30. The Morgan fingerprint density at radius 1 is 1.36 bits per heavy atom. The molecule has 0 aliphatic rings. The van der Waals surface area contributed by atoms with Crippen LogP contribution in [0, 0.1) is 0 Å². The van der Waals surface area contributed by atoms with E-state index in [0.717, 1.165) is 5.75 Å². The van der Waals surface area contributed by atoms with E-state index in [1.165, 1.54) is 11.8 Å². The van der Waals surface area contributed by atoms with Crippen LogP contribution in [0.25, 0.3) is 0 Å². The van der Waals surface area contributed by atoms with Crippen LogP contribution >= 0.6 is 11.8 Å². The Labute approximate surface area is 92.9 Å². The SMILES string of the molecule is CC(=O)SC[C@H](C)O[Si](C)(C)C(C)C. The normalized spacial score (nSPS) is 14.5.